The van der Waals surface area contributed by atoms with Crippen molar-refractivity contribution in [1.82, 2.24) is 15.1 Å². The second kappa shape index (κ2) is 6.59. The summed E-state index contributed by atoms with van der Waals surface area (Å²) in [6, 6.07) is 7.42. The van der Waals surface area contributed by atoms with Gasteiger partial charge in [0.2, 0.25) is 6.10 Å². The van der Waals surface area contributed by atoms with Gasteiger partial charge in [0.15, 0.2) is 11.5 Å². The highest BCUT2D eigenvalue weighted by Gasteiger charge is 2.36. The summed E-state index contributed by atoms with van der Waals surface area (Å²) in [7, 11) is 0. The van der Waals surface area contributed by atoms with Gasteiger partial charge in [-0.05, 0) is 59.1 Å². The first-order valence-electron chi connectivity index (χ1n) is 9.64. The van der Waals surface area contributed by atoms with Crippen molar-refractivity contribution < 1.29 is 14.3 Å². The number of hydrogen-bond acceptors (Lipinski definition) is 4. The quantitative estimate of drug-likeness (QED) is 0.882. The van der Waals surface area contributed by atoms with E-state index in [2.05, 4.69) is 35.9 Å². The maximum atomic E-state index is 13.0. The highest BCUT2D eigenvalue weighted by molar-refractivity contribution is 5.82. The fourth-order valence-electron chi connectivity index (χ4n) is 3.95. The molecule has 0 fully saturated rings. The van der Waals surface area contributed by atoms with Crippen LogP contribution in [0.15, 0.2) is 30.5 Å². The van der Waals surface area contributed by atoms with Crippen molar-refractivity contribution in [2.75, 3.05) is 0 Å². The van der Waals surface area contributed by atoms with Crippen LogP contribution in [0.3, 0.4) is 0 Å². The summed E-state index contributed by atoms with van der Waals surface area (Å²) in [6.45, 7) is 8.31. The summed E-state index contributed by atoms with van der Waals surface area (Å²) in [5.74, 6) is 1.15. The van der Waals surface area contributed by atoms with E-state index in [1.54, 1.807) is 0 Å². The predicted molar refractivity (Wildman–Crippen MR) is 102 cm³/mol. The molecule has 0 radical (unpaired) electrons. The molecule has 1 aliphatic carbocycles. The second-order valence-electron chi connectivity index (χ2n) is 8.39. The Hall–Kier alpha value is -2.50. The van der Waals surface area contributed by atoms with Gasteiger partial charge in [0, 0.05) is 11.3 Å². The van der Waals surface area contributed by atoms with E-state index in [1.165, 1.54) is 5.69 Å². The Balaban J connectivity index is 1.53. The Morgan fingerprint density at radius 1 is 1.22 bits per heavy atom. The predicted octanol–water partition coefficient (Wildman–Crippen LogP) is 3.36. The maximum Gasteiger partial charge on any atom is 0.265 e. The van der Waals surface area contributed by atoms with Crippen LogP contribution in [0.25, 0.3) is 0 Å². The summed E-state index contributed by atoms with van der Waals surface area (Å²) in [4.78, 5) is 13.0. The fourth-order valence-corrected chi connectivity index (χ4v) is 3.95. The topological polar surface area (TPSA) is 65.4 Å². The zero-order chi connectivity index (χ0) is 19.2. The molecule has 2 aliphatic rings. The number of nitrogens with one attached hydrogen (secondary N) is 1. The lowest BCUT2D eigenvalue weighted by Gasteiger charge is -2.33. The highest BCUT2D eigenvalue weighted by atomic mass is 16.6. The Kier molecular flexibility index (Phi) is 4.36. The number of amides is 1. The van der Waals surface area contributed by atoms with Crippen LogP contribution in [0.1, 0.15) is 57.8 Å². The van der Waals surface area contributed by atoms with E-state index in [0.717, 1.165) is 24.8 Å². The van der Waals surface area contributed by atoms with Crippen LogP contribution in [0.4, 0.5) is 0 Å². The molecule has 1 aromatic heterocycles. The molecule has 2 heterocycles. The zero-order valence-electron chi connectivity index (χ0n) is 16.4. The standard InChI is InChI=1S/C21H27N3O3/c1-13-19(27-18-11-6-5-10-17(18)26-13)20(25)23-15-8-7-9-16-14(15)12-22-24(16)21(2,3)4/h5-6,10-13,15,19H,7-9H2,1-4H3,(H,23,25)/t13-,15+,19-/m0/s1. The lowest BCUT2D eigenvalue weighted by molar-refractivity contribution is -0.134. The fraction of sp³-hybridized carbons (Fsp3) is 0.524. The number of carbonyl (C=O) groups excluding carboxylic acids is 1. The van der Waals surface area contributed by atoms with Gasteiger partial charge in [-0.15, -0.1) is 0 Å². The summed E-state index contributed by atoms with van der Waals surface area (Å²) >= 11 is 0. The molecule has 6 nitrogen and oxygen atoms in total. The molecule has 6 heteroatoms. The average molecular weight is 369 g/mol. The minimum atomic E-state index is -0.664. The third-order valence-electron chi connectivity index (χ3n) is 5.24. The highest BCUT2D eigenvalue weighted by Crippen LogP contribution is 2.35. The number of nitrogens with zero attached hydrogens (tertiary/aromatic N) is 2. The lowest BCUT2D eigenvalue weighted by atomic mass is 9.92. The molecule has 1 amide bonds. The van der Waals surface area contributed by atoms with Crippen molar-refractivity contribution in [3.8, 4) is 11.5 Å². The van der Waals surface area contributed by atoms with Crippen LogP contribution >= 0.6 is 0 Å². The summed E-state index contributed by atoms with van der Waals surface area (Å²) in [5, 5.41) is 7.77. The molecule has 0 bridgehead atoms. The summed E-state index contributed by atoms with van der Waals surface area (Å²) in [5.41, 5.74) is 2.27. The van der Waals surface area contributed by atoms with Crippen molar-refractivity contribution in [2.45, 2.75) is 70.7 Å². The van der Waals surface area contributed by atoms with E-state index in [-0.39, 0.29) is 23.6 Å². The number of benzene rings is 1. The molecule has 4 rings (SSSR count). The van der Waals surface area contributed by atoms with Gasteiger partial charge in [-0.1, -0.05) is 12.1 Å². The minimum Gasteiger partial charge on any atom is -0.482 e. The molecule has 1 N–H and O–H groups in total. The van der Waals surface area contributed by atoms with Crippen LogP contribution in [0.2, 0.25) is 0 Å². The summed E-state index contributed by atoms with van der Waals surface area (Å²) in [6.07, 6.45) is 3.82. The van der Waals surface area contributed by atoms with Gasteiger partial charge in [0.05, 0.1) is 17.8 Å². The number of aromatic nitrogens is 2. The largest absolute Gasteiger partial charge is 0.482 e. The normalized spacial score (nSPS) is 24.2. The lowest BCUT2D eigenvalue weighted by Crippen LogP contribution is -2.50. The van der Waals surface area contributed by atoms with Gasteiger partial charge in [-0.2, -0.15) is 5.10 Å². The molecule has 0 saturated heterocycles. The van der Waals surface area contributed by atoms with Gasteiger partial charge in [-0.25, -0.2) is 0 Å². The van der Waals surface area contributed by atoms with E-state index in [4.69, 9.17) is 9.47 Å². The molecule has 0 saturated carbocycles. The Morgan fingerprint density at radius 3 is 2.63 bits per heavy atom. The first-order valence-corrected chi connectivity index (χ1v) is 9.64. The first-order chi connectivity index (χ1) is 12.8. The molecule has 0 unspecified atom stereocenters. The van der Waals surface area contributed by atoms with Crippen molar-refractivity contribution in [2.24, 2.45) is 0 Å². The number of rotatable bonds is 2. The van der Waals surface area contributed by atoms with Crippen molar-refractivity contribution >= 4 is 5.91 Å². The molecule has 144 valence electrons. The monoisotopic (exact) mass is 369 g/mol. The number of carbonyl (C=O) groups is 1. The first kappa shape index (κ1) is 17.9. The molecular weight excluding hydrogens is 342 g/mol. The van der Waals surface area contributed by atoms with Gasteiger partial charge >= 0.3 is 0 Å². The second-order valence-corrected chi connectivity index (χ2v) is 8.39. The maximum absolute atomic E-state index is 13.0. The Bertz CT molecular complexity index is 853. The van der Waals surface area contributed by atoms with Gasteiger partial charge in [-0.3, -0.25) is 9.48 Å². The van der Waals surface area contributed by atoms with E-state index in [0.29, 0.717) is 11.5 Å². The smallest absolute Gasteiger partial charge is 0.265 e. The third kappa shape index (κ3) is 3.29. The molecule has 1 aliphatic heterocycles. The molecule has 1 aromatic carbocycles. The van der Waals surface area contributed by atoms with Crippen LogP contribution in [-0.4, -0.2) is 27.9 Å². The van der Waals surface area contributed by atoms with Crippen LogP contribution in [0.5, 0.6) is 11.5 Å². The number of para-hydroxylation sites is 2. The molecule has 0 spiro atoms. The van der Waals surface area contributed by atoms with Crippen molar-refractivity contribution in [3.63, 3.8) is 0 Å². The van der Waals surface area contributed by atoms with E-state index in [9.17, 15) is 4.79 Å². The number of hydrogen-bond donors (Lipinski definition) is 1. The Labute approximate surface area is 159 Å². The van der Waals surface area contributed by atoms with E-state index in [1.807, 2.05) is 37.4 Å². The van der Waals surface area contributed by atoms with Crippen LogP contribution in [0, 0.1) is 0 Å². The molecule has 2 aromatic rings. The molecule has 3 atom stereocenters. The van der Waals surface area contributed by atoms with Crippen LogP contribution in [-0.2, 0) is 16.8 Å². The SMILES string of the molecule is C[C@@H]1Oc2ccccc2O[C@@H]1C(=O)N[C@@H]1CCCc2c1cnn2C(C)(C)C. The van der Waals surface area contributed by atoms with Gasteiger partial charge in [0.25, 0.3) is 5.91 Å². The summed E-state index contributed by atoms with van der Waals surface area (Å²) < 4.78 is 13.9. The van der Waals surface area contributed by atoms with Gasteiger partial charge in [0.1, 0.15) is 6.10 Å². The Morgan fingerprint density at radius 2 is 1.93 bits per heavy atom. The minimum absolute atomic E-state index is 0.0367. The van der Waals surface area contributed by atoms with Crippen LogP contribution < -0.4 is 14.8 Å². The zero-order valence-corrected chi connectivity index (χ0v) is 16.4. The van der Waals surface area contributed by atoms with Crippen molar-refractivity contribution in [1.29, 1.82) is 0 Å². The average Bonchev–Trinajstić information content (AvgIpc) is 3.06. The van der Waals surface area contributed by atoms with E-state index < -0.39 is 6.10 Å². The molecular formula is C21H27N3O3. The number of ether oxygens (including phenoxy) is 2. The van der Waals surface area contributed by atoms with Crippen molar-refractivity contribution in [3.05, 3.63) is 41.7 Å². The van der Waals surface area contributed by atoms with Gasteiger partial charge < -0.3 is 14.8 Å². The molecule has 27 heavy (non-hydrogen) atoms. The third-order valence-corrected chi connectivity index (χ3v) is 5.24. The number of fused-ring (bicyclic) bond motifs is 2. The van der Waals surface area contributed by atoms with E-state index >= 15 is 0 Å².